The second-order valence-electron chi connectivity index (χ2n) is 4.51. The van der Waals surface area contributed by atoms with E-state index in [0.717, 1.165) is 13.0 Å². The predicted octanol–water partition coefficient (Wildman–Crippen LogP) is 0.282. The van der Waals surface area contributed by atoms with Crippen LogP contribution in [0.25, 0.3) is 0 Å². The molecule has 3 N–H and O–H groups in total. The predicted molar refractivity (Wildman–Crippen MR) is 71.6 cm³/mol. The van der Waals surface area contributed by atoms with E-state index in [2.05, 4.69) is 9.71 Å². The van der Waals surface area contributed by atoms with Crippen LogP contribution in [0.1, 0.15) is 13.3 Å². The SMILES string of the molecule is CC(CCN(C)C)NS(=O)(=O)c1ncccc1N. The number of hydrogen-bond acceptors (Lipinski definition) is 5. The van der Waals surface area contributed by atoms with Gasteiger partial charge >= 0.3 is 0 Å². The molecule has 0 saturated heterocycles. The molecule has 1 aromatic heterocycles. The van der Waals surface area contributed by atoms with Gasteiger partial charge in [0.15, 0.2) is 5.03 Å². The summed E-state index contributed by atoms with van der Waals surface area (Å²) in [6.07, 6.45) is 2.13. The van der Waals surface area contributed by atoms with Crippen LogP contribution >= 0.6 is 0 Å². The van der Waals surface area contributed by atoms with Gasteiger partial charge in [-0.15, -0.1) is 0 Å². The number of sulfonamides is 1. The molecule has 0 aliphatic rings. The molecule has 102 valence electrons. The molecule has 1 aromatic rings. The van der Waals surface area contributed by atoms with Crippen molar-refractivity contribution in [3.8, 4) is 0 Å². The van der Waals surface area contributed by atoms with Crippen LogP contribution < -0.4 is 10.5 Å². The first-order valence-electron chi connectivity index (χ1n) is 5.70. The second-order valence-corrected chi connectivity index (χ2v) is 6.14. The fraction of sp³-hybridized carbons (Fsp3) is 0.545. The lowest BCUT2D eigenvalue weighted by Gasteiger charge is -2.16. The monoisotopic (exact) mass is 272 g/mol. The largest absolute Gasteiger partial charge is 0.396 e. The first-order valence-corrected chi connectivity index (χ1v) is 7.19. The zero-order valence-corrected chi connectivity index (χ0v) is 11.7. The summed E-state index contributed by atoms with van der Waals surface area (Å²) in [6, 6.07) is 2.95. The Labute approximate surface area is 108 Å². The van der Waals surface area contributed by atoms with E-state index < -0.39 is 10.0 Å². The molecule has 0 saturated carbocycles. The lowest BCUT2D eigenvalue weighted by atomic mass is 10.2. The van der Waals surface area contributed by atoms with Crippen LogP contribution in [0.2, 0.25) is 0 Å². The minimum absolute atomic E-state index is 0.110. The van der Waals surface area contributed by atoms with Gasteiger partial charge in [0.05, 0.1) is 5.69 Å². The Morgan fingerprint density at radius 3 is 2.72 bits per heavy atom. The maximum atomic E-state index is 12.0. The molecule has 0 fully saturated rings. The summed E-state index contributed by atoms with van der Waals surface area (Å²) in [6.45, 7) is 2.63. The maximum Gasteiger partial charge on any atom is 0.260 e. The van der Waals surface area contributed by atoms with E-state index in [0.29, 0.717) is 0 Å². The molecular weight excluding hydrogens is 252 g/mol. The number of rotatable bonds is 6. The first-order chi connectivity index (χ1) is 8.33. The fourth-order valence-electron chi connectivity index (χ4n) is 1.46. The summed E-state index contributed by atoms with van der Waals surface area (Å²) >= 11 is 0. The number of nitrogens with zero attached hydrogens (tertiary/aromatic N) is 2. The Kier molecular flexibility index (Phi) is 5.06. The van der Waals surface area contributed by atoms with Crippen molar-refractivity contribution in [1.29, 1.82) is 0 Å². The minimum atomic E-state index is -3.64. The number of nitrogens with two attached hydrogens (primary N) is 1. The highest BCUT2D eigenvalue weighted by Gasteiger charge is 2.21. The summed E-state index contributed by atoms with van der Waals surface area (Å²) in [5.74, 6) is 0. The highest BCUT2D eigenvalue weighted by Crippen LogP contribution is 2.14. The maximum absolute atomic E-state index is 12.0. The fourth-order valence-corrected chi connectivity index (χ4v) is 2.80. The third-order valence-electron chi connectivity index (χ3n) is 2.42. The molecule has 0 aliphatic carbocycles. The number of hydrogen-bond donors (Lipinski definition) is 2. The minimum Gasteiger partial charge on any atom is -0.396 e. The Morgan fingerprint density at radius 2 is 2.17 bits per heavy atom. The van der Waals surface area contributed by atoms with Crippen LogP contribution in [0.5, 0.6) is 0 Å². The smallest absolute Gasteiger partial charge is 0.260 e. The van der Waals surface area contributed by atoms with Crippen molar-refractivity contribution in [3.63, 3.8) is 0 Å². The molecule has 0 spiro atoms. The van der Waals surface area contributed by atoms with Gasteiger partial charge in [-0.25, -0.2) is 18.1 Å². The van der Waals surface area contributed by atoms with Gasteiger partial charge in [-0.3, -0.25) is 0 Å². The van der Waals surface area contributed by atoms with Gasteiger partial charge in [-0.2, -0.15) is 0 Å². The number of aromatic nitrogens is 1. The van der Waals surface area contributed by atoms with Crippen LogP contribution in [0.4, 0.5) is 5.69 Å². The van der Waals surface area contributed by atoms with Crippen molar-refractivity contribution in [1.82, 2.24) is 14.6 Å². The molecular formula is C11H20N4O2S. The van der Waals surface area contributed by atoms with E-state index in [1.54, 1.807) is 6.07 Å². The van der Waals surface area contributed by atoms with Crippen LogP contribution in [0, 0.1) is 0 Å². The number of anilines is 1. The highest BCUT2D eigenvalue weighted by molar-refractivity contribution is 7.89. The molecule has 0 radical (unpaired) electrons. The third-order valence-corrected chi connectivity index (χ3v) is 3.98. The molecule has 0 bridgehead atoms. The molecule has 18 heavy (non-hydrogen) atoms. The molecule has 1 heterocycles. The summed E-state index contributed by atoms with van der Waals surface area (Å²) in [4.78, 5) is 5.81. The van der Waals surface area contributed by atoms with E-state index in [1.165, 1.54) is 12.3 Å². The van der Waals surface area contributed by atoms with E-state index in [-0.39, 0.29) is 16.8 Å². The first kappa shape index (κ1) is 14.9. The van der Waals surface area contributed by atoms with Crippen molar-refractivity contribution in [2.24, 2.45) is 0 Å². The van der Waals surface area contributed by atoms with Gasteiger partial charge in [0, 0.05) is 12.2 Å². The molecule has 6 nitrogen and oxygen atoms in total. The number of nitrogen functional groups attached to an aromatic ring is 1. The topological polar surface area (TPSA) is 88.3 Å². The lowest BCUT2D eigenvalue weighted by Crippen LogP contribution is -2.35. The standard InChI is InChI=1S/C11H20N4O2S/c1-9(6-8-15(2)3)14-18(16,17)11-10(12)5-4-7-13-11/h4-5,7,9,14H,6,8,12H2,1-3H3. The molecule has 0 amide bonds. The second kappa shape index (κ2) is 6.12. The Bertz CT molecular complexity index is 488. The Morgan fingerprint density at radius 1 is 1.50 bits per heavy atom. The number of nitrogens with one attached hydrogen (secondary N) is 1. The summed E-state index contributed by atoms with van der Waals surface area (Å²) in [7, 11) is 0.242. The van der Waals surface area contributed by atoms with E-state index in [9.17, 15) is 8.42 Å². The van der Waals surface area contributed by atoms with Gasteiger partial charge in [-0.1, -0.05) is 0 Å². The summed E-state index contributed by atoms with van der Waals surface area (Å²) < 4.78 is 26.7. The van der Waals surface area contributed by atoms with Crippen molar-refractivity contribution >= 4 is 15.7 Å². The van der Waals surface area contributed by atoms with E-state index in [1.807, 2.05) is 25.9 Å². The molecule has 0 aliphatic heterocycles. The molecule has 1 unspecified atom stereocenters. The quantitative estimate of drug-likeness (QED) is 0.776. The van der Waals surface area contributed by atoms with Crippen molar-refractivity contribution in [3.05, 3.63) is 18.3 Å². The zero-order valence-electron chi connectivity index (χ0n) is 10.9. The molecule has 0 aromatic carbocycles. The Balaban J connectivity index is 2.74. The average molecular weight is 272 g/mol. The van der Waals surface area contributed by atoms with Gasteiger partial charge < -0.3 is 10.6 Å². The van der Waals surface area contributed by atoms with Crippen LogP contribution in [-0.2, 0) is 10.0 Å². The van der Waals surface area contributed by atoms with Crippen molar-refractivity contribution < 1.29 is 8.42 Å². The van der Waals surface area contributed by atoms with Gasteiger partial charge in [0.1, 0.15) is 0 Å². The molecule has 7 heteroatoms. The van der Waals surface area contributed by atoms with Crippen LogP contribution in [0.15, 0.2) is 23.4 Å². The normalized spacial score (nSPS) is 13.8. The van der Waals surface area contributed by atoms with E-state index in [4.69, 9.17) is 5.73 Å². The third kappa shape index (κ3) is 4.25. The molecule has 1 rings (SSSR count). The van der Waals surface area contributed by atoms with Crippen molar-refractivity contribution in [2.75, 3.05) is 26.4 Å². The zero-order chi connectivity index (χ0) is 13.8. The van der Waals surface area contributed by atoms with Gasteiger partial charge in [0.25, 0.3) is 10.0 Å². The summed E-state index contributed by atoms with van der Waals surface area (Å²) in [5.41, 5.74) is 5.77. The highest BCUT2D eigenvalue weighted by atomic mass is 32.2. The lowest BCUT2D eigenvalue weighted by molar-refractivity contribution is 0.379. The van der Waals surface area contributed by atoms with Gasteiger partial charge in [0.2, 0.25) is 0 Å². The van der Waals surface area contributed by atoms with Crippen LogP contribution in [0.3, 0.4) is 0 Å². The Hall–Kier alpha value is -1.18. The molecule has 1 atom stereocenters. The van der Waals surface area contributed by atoms with Gasteiger partial charge in [-0.05, 0) is 46.1 Å². The average Bonchev–Trinajstić information content (AvgIpc) is 2.26. The van der Waals surface area contributed by atoms with E-state index >= 15 is 0 Å². The van der Waals surface area contributed by atoms with Crippen molar-refractivity contribution in [2.45, 2.75) is 24.4 Å². The number of pyridine rings is 1. The van der Waals surface area contributed by atoms with Crippen LogP contribution in [-0.4, -0.2) is 45.0 Å². The summed E-state index contributed by atoms with van der Waals surface area (Å²) in [5, 5.41) is -0.110.